The largest absolute Gasteiger partial charge is 0.292 e. The fraction of sp³-hybridized carbons (Fsp3) is 0.615. The summed E-state index contributed by atoms with van der Waals surface area (Å²) in [5.41, 5.74) is 0.590. The smallest absolute Gasteiger partial charge is 0.184 e. The zero-order valence-electron chi connectivity index (χ0n) is 9.94. The van der Waals surface area contributed by atoms with Crippen LogP contribution in [-0.4, -0.2) is 15.8 Å². The molecule has 1 aromatic heterocycles. The van der Waals surface area contributed by atoms with Crippen LogP contribution >= 0.6 is 0 Å². The number of nitrogens with zero attached hydrogens (tertiary/aromatic N) is 2. The predicted molar refractivity (Wildman–Crippen MR) is 62.2 cm³/mol. The molecule has 0 atom stereocenters. The molecule has 0 amide bonds. The van der Waals surface area contributed by atoms with Gasteiger partial charge in [-0.15, -0.1) is 0 Å². The Morgan fingerprint density at radius 2 is 2.00 bits per heavy atom. The number of hydrogen-bond acceptors (Lipinski definition) is 3. The number of aromatic nitrogens is 2. The molecule has 1 saturated carbocycles. The average molecular weight is 218 g/mol. The monoisotopic (exact) mass is 218 g/mol. The van der Waals surface area contributed by atoms with E-state index in [2.05, 4.69) is 16.9 Å². The lowest BCUT2D eigenvalue weighted by Crippen LogP contribution is -2.22. The number of Topliss-reactive ketones (excluding diaryl/α,β-unsaturated/α-hetero) is 1. The number of carbonyl (C=O) groups excluding carboxylic acids is 1. The standard InChI is InChI=1S/C13H18N2O/c1-9-3-5-11(6-4-9)13(16)12-7-8-14-10(2)15-12/h7-9,11H,3-6H2,1-2H3. The van der Waals surface area contributed by atoms with Gasteiger partial charge >= 0.3 is 0 Å². The third kappa shape index (κ3) is 2.46. The second kappa shape index (κ2) is 4.73. The summed E-state index contributed by atoms with van der Waals surface area (Å²) in [5, 5.41) is 0. The van der Waals surface area contributed by atoms with Gasteiger partial charge in [-0.05, 0) is 31.7 Å². The SMILES string of the molecule is Cc1nccc(C(=O)C2CCC(C)CC2)n1. The van der Waals surface area contributed by atoms with Crippen LogP contribution in [0, 0.1) is 18.8 Å². The number of hydrogen-bond donors (Lipinski definition) is 0. The van der Waals surface area contributed by atoms with E-state index in [-0.39, 0.29) is 11.7 Å². The van der Waals surface area contributed by atoms with Crippen LogP contribution in [0.15, 0.2) is 12.3 Å². The minimum atomic E-state index is 0.186. The third-order valence-electron chi connectivity index (χ3n) is 3.42. The van der Waals surface area contributed by atoms with Gasteiger partial charge in [-0.3, -0.25) is 4.79 Å². The minimum absolute atomic E-state index is 0.186. The molecule has 3 heteroatoms. The van der Waals surface area contributed by atoms with Gasteiger partial charge in [-0.1, -0.05) is 19.8 Å². The normalized spacial score (nSPS) is 25.4. The molecule has 0 aromatic carbocycles. The van der Waals surface area contributed by atoms with E-state index in [4.69, 9.17) is 0 Å². The van der Waals surface area contributed by atoms with Crippen molar-refractivity contribution in [2.45, 2.75) is 39.5 Å². The van der Waals surface area contributed by atoms with E-state index in [9.17, 15) is 4.79 Å². The lowest BCUT2D eigenvalue weighted by molar-refractivity contribution is 0.0870. The maximum Gasteiger partial charge on any atom is 0.184 e. The zero-order chi connectivity index (χ0) is 11.5. The number of rotatable bonds is 2. The van der Waals surface area contributed by atoms with Gasteiger partial charge < -0.3 is 0 Å². The molecular formula is C13H18N2O. The molecule has 2 rings (SSSR count). The van der Waals surface area contributed by atoms with Crippen LogP contribution < -0.4 is 0 Å². The highest BCUT2D eigenvalue weighted by atomic mass is 16.1. The van der Waals surface area contributed by atoms with E-state index in [0.717, 1.165) is 18.8 Å². The van der Waals surface area contributed by atoms with Crippen molar-refractivity contribution in [3.63, 3.8) is 0 Å². The Bertz CT molecular complexity index is 381. The van der Waals surface area contributed by atoms with Crippen LogP contribution in [0.1, 0.15) is 48.9 Å². The summed E-state index contributed by atoms with van der Waals surface area (Å²) in [6.07, 6.45) is 6.04. The van der Waals surface area contributed by atoms with E-state index < -0.39 is 0 Å². The first-order valence-electron chi connectivity index (χ1n) is 6.00. The Morgan fingerprint density at radius 3 is 2.62 bits per heavy atom. The molecule has 0 saturated heterocycles. The highest BCUT2D eigenvalue weighted by Gasteiger charge is 2.25. The highest BCUT2D eigenvalue weighted by Crippen LogP contribution is 2.30. The van der Waals surface area contributed by atoms with Gasteiger partial charge in [-0.2, -0.15) is 0 Å². The van der Waals surface area contributed by atoms with Gasteiger partial charge in [0.05, 0.1) is 0 Å². The number of ketones is 1. The second-order valence-corrected chi connectivity index (χ2v) is 4.81. The van der Waals surface area contributed by atoms with Crippen LogP contribution in [0.2, 0.25) is 0 Å². The summed E-state index contributed by atoms with van der Waals surface area (Å²) in [6, 6.07) is 1.73. The van der Waals surface area contributed by atoms with Crippen molar-refractivity contribution >= 4 is 5.78 Å². The van der Waals surface area contributed by atoms with E-state index in [1.807, 2.05) is 6.92 Å². The summed E-state index contributed by atoms with van der Waals surface area (Å²) >= 11 is 0. The van der Waals surface area contributed by atoms with Crippen molar-refractivity contribution < 1.29 is 4.79 Å². The molecule has 1 aliphatic rings. The molecule has 0 bridgehead atoms. The number of carbonyl (C=O) groups is 1. The summed E-state index contributed by atoms with van der Waals surface area (Å²) < 4.78 is 0. The zero-order valence-corrected chi connectivity index (χ0v) is 9.94. The molecule has 1 aromatic rings. The molecule has 1 fully saturated rings. The molecule has 0 radical (unpaired) electrons. The van der Waals surface area contributed by atoms with Crippen LogP contribution in [0.3, 0.4) is 0 Å². The van der Waals surface area contributed by atoms with Crippen LogP contribution in [0.4, 0.5) is 0 Å². The van der Waals surface area contributed by atoms with Gasteiger partial charge in [0.15, 0.2) is 5.78 Å². The van der Waals surface area contributed by atoms with E-state index in [1.54, 1.807) is 12.3 Å². The molecule has 0 unspecified atom stereocenters. The molecule has 86 valence electrons. The van der Waals surface area contributed by atoms with Crippen LogP contribution in [-0.2, 0) is 0 Å². The molecule has 0 N–H and O–H groups in total. The van der Waals surface area contributed by atoms with Crippen molar-refractivity contribution in [3.8, 4) is 0 Å². The van der Waals surface area contributed by atoms with Crippen molar-refractivity contribution in [2.75, 3.05) is 0 Å². The lowest BCUT2D eigenvalue weighted by atomic mass is 9.80. The molecular weight excluding hydrogens is 200 g/mol. The quantitative estimate of drug-likeness (QED) is 0.717. The Labute approximate surface area is 96.3 Å². The van der Waals surface area contributed by atoms with Gasteiger partial charge in [0.25, 0.3) is 0 Å². The first-order chi connectivity index (χ1) is 7.66. The third-order valence-corrected chi connectivity index (χ3v) is 3.42. The lowest BCUT2D eigenvalue weighted by Gasteiger charge is -2.24. The summed E-state index contributed by atoms with van der Waals surface area (Å²) in [6.45, 7) is 4.08. The first kappa shape index (κ1) is 11.2. The maximum atomic E-state index is 12.2. The Morgan fingerprint density at radius 1 is 1.31 bits per heavy atom. The fourth-order valence-corrected chi connectivity index (χ4v) is 2.32. The average Bonchev–Trinajstić information content (AvgIpc) is 2.29. The Kier molecular flexibility index (Phi) is 3.32. The molecule has 3 nitrogen and oxygen atoms in total. The van der Waals surface area contributed by atoms with Gasteiger partial charge in [0.2, 0.25) is 0 Å². The first-order valence-corrected chi connectivity index (χ1v) is 6.00. The Balaban J connectivity index is 2.08. The second-order valence-electron chi connectivity index (χ2n) is 4.81. The van der Waals surface area contributed by atoms with Crippen molar-refractivity contribution in [1.82, 2.24) is 9.97 Å². The summed E-state index contributed by atoms with van der Waals surface area (Å²) in [5.74, 6) is 1.84. The highest BCUT2D eigenvalue weighted by molar-refractivity contribution is 5.96. The maximum absolute atomic E-state index is 12.2. The molecule has 16 heavy (non-hydrogen) atoms. The van der Waals surface area contributed by atoms with Crippen molar-refractivity contribution in [2.24, 2.45) is 11.8 Å². The van der Waals surface area contributed by atoms with E-state index in [1.165, 1.54) is 12.8 Å². The minimum Gasteiger partial charge on any atom is -0.292 e. The molecule has 0 spiro atoms. The van der Waals surface area contributed by atoms with E-state index in [0.29, 0.717) is 11.5 Å². The van der Waals surface area contributed by atoms with Gasteiger partial charge in [0, 0.05) is 12.1 Å². The molecule has 1 aliphatic carbocycles. The summed E-state index contributed by atoms with van der Waals surface area (Å²) in [7, 11) is 0. The van der Waals surface area contributed by atoms with E-state index >= 15 is 0 Å². The topological polar surface area (TPSA) is 42.9 Å². The molecule has 0 aliphatic heterocycles. The van der Waals surface area contributed by atoms with Gasteiger partial charge in [0.1, 0.15) is 11.5 Å². The predicted octanol–water partition coefficient (Wildman–Crippen LogP) is 2.79. The van der Waals surface area contributed by atoms with Gasteiger partial charge in [-0.25, -0.2) is 9.97 Å². The van der Waals surface area contributed by atoms with Crippen LogP contribution in [0.25, 0.3) is 0 Å². The number of aryl methyl sites for hydroxylation is 1. The fourth-order valence-electron chi connectivity index (χ4n) is 2.32. The van der Waals surface area contributed by atoms with Crippen LogP contribution in [0.5, 0.6) is 0 Å². The summed E-state index contributed by atoms with van der Waals surface area (Å²) in [4.78, 5) is 20.4. The Hall–Kier alpha value is -1.25. The van der Waals surface area contributed by atoms with Crippen molar-refractivity contribution in [1.29, 1.82) is 0 Å². The molecule has 1 heterocycles. The van der Waals surface area contributed by atoms with Crippen molar-refractivity contribution in [3.05, 3.63) is 23.8 Å².